The minimum Gasteiger partial charge on any atom is -0.486 e. The van der Waals surface area contributed by atoms with Crippen LogP contribution >= 0.6 is 11.6 Å². The van der Waals surface area contributed by atoms with Crippen molar-refractivity contribution < 1.29 is 23.8 Å². The summed E-state index contributed by atoms with van der Waals surface area (Å²) in [4.78, 5) is 23.7. The monoisotopic (exact) mass is 387 g/mol. The Balaban J connectivity index is 1.49. The molecule has 6 nitrogen and oxygen atoms in total. The third-order valence-corrected chi connectivity index (χ3v) is 4.19. The standard InChI is InChI=1S/C20H18ClNO5/c1-13-2-5-15(11-16(13)21)22-19(23)12-27-20(24)7-4-14-3-6-17-18(10-14)26-9-8-25-17/h2-7,10-11H,8-9,12H2,1H3,(H,22,23). The third kappa shape index (κ3) is 5.24. The largest absolute Gasteiger partial charge is 0.486 e. The number of halogens is 1. The van der Waals surface area contributed by atoms with Crippen molar-refractivity contribution in [3.63, 3.8) is 0 Å². The van der Waals surface area contributed by atoms with E-state index in [9.17, 15) is 9.59 Å². The average molecular weight is 388 g/mol. The molecule has 0 unspecified atom stereocenters. The molecule has 0 spiro atoms. The smallest absolute Gasteiger partial charge is 0.331 e. The van der Waals surface area contributed by atoms with Crippen LogP contribution in [0.15, 0.2) is 42.5 Å². The molecular formula is C20H18ClNO5. The number of rotatable bonds is 5. The molecule has 140 valence electrons. The molecule has 0 saturated heterocycles. The lowest BCUT2D eigenvalue weighted by Gasteiger charge is -2.18. The van der Waals surface area contributed by atoms with Crippen LogP contribution in [0.3, 0.4) is 0 Å². The summed E-state index contributed by atoms with van der Waals surface area (Å²) in [6.45, 7) is 2.48. The molecule has 3 rings (SSSR count). The van der Waals surface area contributed by atoms with Crippen molar-refractivity contribution in [2.45, 2.75) is 6.92 Å². The number of hydrogen-bond donors (Lipinski definition) is 1. The highest BCUT2D eigenvalue weighted by Crippen LogP contribution is 2.31. The number of fused-ring (bicyclic) bond motifs is 1. The van der Waals surface area contributed by atoms with Crippen molar-refractivity contribution in [3.05, 3.63) is 58.6 Å². The van der Waals surface area contributed by atoms with Crippen LogP contribution in [-0.4, -0.2) is 31.7 Å². The number of anilines is 1. The Morgan fingerprint density at radius 2 is 1.93 bits per heavy atom. The van der Waals surface area contributed by atoms with Crippen molar-refractivity contribution in [1.82, 2.24) is 0 Å². The predicted octanol–water partition coefficient (Wildman–Crippen LogP) is 3.61. The van der Waals surface area contributed by atoms with E-state index in [1.807, 2.05) is 6.92 Å². The molecule has 0 bridgehead atoms. The first kappa shape index (κ1) is 18.8. The maximum Gasteiger partial charge on any atom is 0.331 e. The van der Waals surface area contributed by atoms with Gasteiger partial charge in [0.1, 0.15) is 13.2 Å². The fourth-order valence-electron chi connectivity index (χ4n) is 2.38. The van der Waals surface area contributed by atoms with E-state index >= 15 is 0 Å². The van der Waals surface area contributed by atoms with Gasteiger partial charge in [-0.3, -0.25) is 4.79 Å². The fourth-order valence-corrected chi connectivity index (χ4v) is 2.56. The number of ether oxygens (including phenoxy) is 3. The van der Waals surface area contributed by atoms with Crippen LogP contribution in [0.25, 0.3) is 6.08 Å². The van der Waals surface area contributed by atoms with E-state index in [0.717, 1.165) is 11.1 Å². The summed E-state index contributed by atoms with van der Waals surface area (Å²) in [7, 11) is 0. The molecule has 1 aliphatic rings. The van der Waals surface area contributed by atoms with E-state index < -0.39 is 18.5 Å². The van der Waals surface area contributed by atoms with Gasteiger partial charge in [0, 0.05) is 16.8 Å². The summed E-state index contributed by atoms with van der Waals surface area (Å²) in [6, 6.07) is 10.5. The molecule has 0 aliphatic carbocycles. The van der Waals surface area contributed by atoms with Gasteiger partial charge in [0.15, 0.2) is 18.1 Å². The SMILES string of the molecule is Cc1ccc(NC(=O)COC(=O)C=Cc2ccc3c(c2)OCCO3)cc1Cl. The second-order valence-electron chi connectivity index (χ2n) is 5.86. The van der Waals surface area contributed by atoms with Gasteiger partial charge in [-0.1, -0.05) is 23.7 Å². The Bertz CT molecular complexity index is 894. The van der Waals surface area contributed by atoms with Crippen LogP contribution in [0.5, 0.6) is 11.5 Å². The van der Waals surface area contributed by atoms with Gasteiger partial charge in [-0.05, 0) is 48.4 Å². The van der Waals surface area contributed by atoms with Gasteiger partial charge < -0.3 is 19.5 Å². The summed E-state index contributed by atoms with van der Waals surface area (Å²) < 4.78 is 15.9. The molecule has 1 N–H and O–H groups in total. The summed E-state index contributed by atoms with van der Waals surface area (Å²) in [5.41, 5.74) is 2.21. The summed E-state index contributed by atoms with van der Waals surface area (Å²) in [5, 5.41) is 3.17. The van der Waals surface area contributed by atoms with Gasteiger partial charge in [-0.15, -0.1) is 0 Å². The molecule has 2 aromatic carbocycles. The second-order valence-corrected chi connectivity index (χ2v) is 6.26. The fraction of sp³-hybridized carbons (Fsp3) is 0.200. The topological polar surface area (TPSA) is 73.9 Å². The van der Waals surface area contributed by atoms with Gasteiger partial charge >= 0.3 is 5.97 Å². The molecule has 1 heterocycles. The van der Waals surface area contributed by atoms with E-state index in [0.29, 0.717) is 35.4 Å². The Hall–Kier alpha value is -2.99. The predicted molar refractivity (Wildman–Crippen MR) is 102 cm³/mol. The maximum atomic E-state index is 11.9. The number of aryl methyl sites for hydroxylation is 1. The van der Waals surface area contributed by atoms with E-state index in [2.05, 4.69) is 5.32 Å². The van der Waals surface area contributed by atoms with Crippen molar-refractivity contribution in [1.29, 1.82) is 0 Å². The van der Waals surface area contributed by atoms with Gasteiger partial charge in [0.05, 0.1) is 0 Å². The van der Waals surface area contributed by atoms with Crippen molar-refractivity contribution in [2.75, 3.05) is 25.1 Å². The van der Waals surface area contributed by atoms with Crippen molar-refractivity contribution in [2.24, 2.45) is 0 Å². The van der Waals surface area contributed by atoms with E-state index in [1.54, 1.807) is 42.5 Å². The van der Waals surface area contributed by atoms with Crippen LogP contribution in [-0.2, 0) is 14.3 Å². The van der Waals surface area contributed by atoms with Crippen molar-refractivity contribution >= 4 is 35.2 Å². The average Bonchev–Trinajstić information content (AvgIpc) is 2.67. The summed E-state index contributed by atoms with van der Waals surface area (Å²) >= 11 is 6.01. The number of esters is 1. The minimum atomic E-state index is -0.623. The van der Waals surface area contributed by atoms with Crippen LogP contribution < -0.4 is 14.8 Å². The highest BCUT2D eigenvalue weighted by Gasteiger charge is 2.11. The van der Waals surface area contributed by atoms with Gasteiger partial charge in [0.2, 0.25) is 0 Å². The molecule has 0 aromatic heterocycles. The number of nitrogens with one attached hydrogen (secondary N) is 1. The first-order chi connectivity index (χ1) is 13.0. The molecule has 27 heavy (non-hydrogen) atoms. The molecule has 1 amide bonds. The highest BCUT2D eigenvalue weighted by atomic mass is 35.5. The van der Waals surface area contributed by atoms with Crippen LogP contribution in [0.2, 0.25) is 5.02 Å². The third-order valence-electron chi connectivity index (χ3n) is 3.78. The van der Waals surface area contributed by atoms with Crippen LogP contribution in [0.4, 0.5) is 5.69 Å². The number of benzene rings is 2. The minimum absolute atomic E-state index is 0.393. The van der Waals surface area contributed by atoms with E-state index in [1.165, 1.54) is 6.08 Å². The zero-order valence-electron chi connectivity index (χ0n) is 14.7. The molecule has 0 atom stereocenters. The lowest BCUT2D eigenvalue weighted by molar-refractivity contribution is -0.142. The second kappa shape index (κ2) is 8.60. The number of carbonyl (C=O) groups is 2. The van der Waals surface area contributed by atoms with Crippen LogP contribution in [0.1, 0.15) is 11.1 Å². The first-order valence-corrected chi connectivity index (χ1v) is 8.69. The molecule has 0 saturated carbocycles. The summed E-state index contributed by atoms with van der Waals surface area (Å²) in [6.07, 6.45) is 2.83. The zero-order chi connectivity index (χ0) is 19.2. The van der Waals surface area contributed by atoms with E-state index in [-0.39, 0.29) is 0 Å². The Morgan fingerprint density at radius 3 is 2.70 bits per heavy atom. The number of amides is 1. The summed E-state index contributed by atoms with van der Waals surface area (Å²) in [5.74, 6) is 0.236. The first-order valence-electron chi connectivity index (χ1n) is 8.32. The molecule has 0 fully saturated rings. The number of hydrogen-bond acceptors (Lipinski definition) is 5. The highest BCUT2D eigenvalue weighted by molar-refractivity contribution is 6.31. The maximum absolute atomic E-state index is 11.9. The van der Waals surface area contributed by atoms with Gasteiger partial charge in [-0.2, -0.15) is 0 Å². The van der Waals surface area contributed by atoms with E-state index in [4.69, 9.17) is 25.8 Å². The quantitative estimate of drug-likeness (QED) is 0.626. The zero-order valence-corrected chi connectivity index (χ0v) is 15.4. The normalized spacial score (nSPS) is 12.7. The Labute approximate surface area is 161 Å². The molecule has 7 heteroatoms. The Morgan fingerprint density at radius 1 is 1.15 bits per heavy atom. The van der Waals surface area contributed by atoms with Crippen LogP contribution in [0, 0.1) is 6.92 Å². The molecule has 2 aromatic rings. The molecule has 0 radical (unpaired) electrons. The molecule has 1 aliphatic heterocycles. The van der Waals surface area contributed by atoms with Crippen molar-refractivity contribution in [3.8, 4) is 11.5 Å². The number of carbonyl (C=O) groups excluding carboxylic acids is 2. The lowest BCUT2D eigenvalue weighted by Crippen LogP contribution is -2.20. The Kier molecular flexibility index (Phi) is 5.98. The lowest BCUT2D eigenvalue weighted by atomic mass is 10.2. The van der Waals surface area contributed by atoms with Gasteiger partial charge in [-0.25, -0.2) is 4.79 Å². The molecular weight excluding hydrogens is 370 g/mol. The van der Waals surface area contributed by atoms with Gasteiger partial charge in [0.25, 0.3) is 5.91 Å².